The van der Waals surface area contributed by atoms with Crippen molar-refractivity contribution in [1.82, 2.24) is 14.5 Å². The minimum Gasteiger partial charge on any atom is -0.490 e. The number of nitrogens with zero attached hydrogens (tertiary/aromatic N) is 4. The van der Waals surface area contributed by atoms with E-state index in [1.54, 1.807) is 16.7 Å². The summed E-state index contributed by atoms with van der Waals surface area (Å²) in [7, 11) is 0. The van der Waals surface area contributed by atoms with Crippen LogP contribution in [-0.4, -0.2) is 45.0 Å². The average molecular weight is 625 g/mol. The van der Waals surface area contributed by atoms with E-state index in [1.807, 2.05) is 30.3 Å². The molecule has 2 aliphatic rings. The minimum atomic E-state index is -4.72. The van der Waals surface area contributed by atoms with Crippen molar-refractivity contribution in [2.24, 2.45) is 0 Å². The van der Waals surface area contributed by atoms with Gasteiger partial charge in [0, 0.05) is 31.0 Å². The Morgan fingerprint density at radius 1 is 0.933 bits per heavy atom. The first-order chi connectivity index (χ1) is 21.7. The van der Waals surface area contributed by atoms with Crippen molar-refractivity contribution >= 4 is 5.82 Å². The van der Waals surface area contributed by atoms with Gasteiger partial charge in [-0.2, -0.15) is 0 Å². The third-order valence-corrected chi connectivity index (χ3v) is 7.70. The molecule has 0 bridgehead atoms. The number of alkyl halides is 3. The van der Waals surface area contributed by atoms with E-state index in [2.05, 4.69) is 26.8 Å². The summed E-state index contributed by atoms with van der Waals surface area (Å²) in [4.78, 5) is 16.8. The predicted octanol–water partition coefficient (Wildman–Crippen LogP) is 6.45. The Bertz CT molecular complexity index is 1630. The SMILES string of the molecule is O=[N+]([O-])c1cn2c(n1)OC(COc1ccc3c(c1)CCCN(Cc1ccc(OCc4ccc(OC(F)(F)F)cc4)cc1)C3)CC2. The highest BCUT2D eigenvalue weighted by Crippen LogP contribution is 2.28. The number of imidazole rings is 1. The van der Waals surface area contributed by atoms with Crippen LogP contribution >= 0.6 is 0 Å². The van der Waals surface area contributed by atoms with Crippen LogP contribution in [0.1, 0.15) is 35.1 Å². The lowest BCUT2D eigenvalue weighted by molar-refractivity contribution is -0.389. The highest BCUT2D eigenvalue weighted by molar-refractivity contribution is 5.37. The predicted molar refractivity (Wildman–Crippen MR) is 156 cm³/mol. The number of aromatic nitrogens is 2. The van der Waals surface area contributed by atoms with E-state index in [0.717, 1.165) is 49.4 Å². The number of ether oxygens (including phenoxy) is 4. The second-order valence-electron chi connectivity index (χ2n) is 11.0. The fourth-order valence-corrected chi connectivity index (χ4v) is 5.46. The lowest BCUT2D eigenvalue weighted by Gasteiger charge is -2.23. The second-order valence-corrected chi connectivity index (χ2v) is 11.0. The number of aryl methyl sites for hydroxylation is 2. The van der Waals surface area contributed by atoms with Gasteiger partial charge in [0.15, 0.2) is 0 Å². The molecule has 3 aromatic carbocycles. The summed E-state index contributed by atoms with van der Waals surface area (Å²) in [5.74, 6) is 0.958. The molecule has 2 aliphatic heterocycles. The van der Waals surface area contributed by atoms with Gasteiger partial charge in [0.1, 0.15) is 42.8 Å². The summed E-state index contributed by atoms with van der Waals surface area (Å²) in [6.45, 7) is 3.69. The monoisotopic (exact) mass is 624 g/mol. The summed E-state index contributed by atoms with van der Waals surface area (Å²) >= 11 is 0. The van der Waals surface area contributed by atoms with Crippen molar-refractivity contribution in [3.8, 4) is 23.3 Å². The molecule has 1 unspecified atom stereocenters. The van der Waals surface area contributed by atoms with Gasteiger partial charge in [0.2, 0.25) is 0 Å². The Hall–Kier alpha value is -4.78. The summed E-state index contributed by atoms with van der Waals surface area (Å²) in [6.07, 6.45) is -0.936. The molecule has 0 N–H and O–H groups in total. The van der Waals surface area contributed by atoms with Crippen molar-refractivity contribution in [3.05, 3.63) is 105 Å². The quantitative estimate of drug-likeness (QED) is 0.147. The molecule has 3 heterocycles. The number of hydrogen-bond donors (Lipinski definition) is 0. The molecule has 1 aromatic heterocycles. The lowest BCUT2D eigenvalue weighted by Crippen LogP contribution is -2.31. The van der Waals surface area contributed by atoms with Gasteiger partial charge in [0.25, 0.3) is 0 Å². The third-order valence-electron chi connectivity index (χ3n) is 7.70. The van der Waals surface area contributed by atoms with Gasteiger partial charge in [-0.15, -0.1) is 13.2 Å². The van der Waals surface area contributed by atoms with Crippen LogP contribution in [-0.2, 0) is 32.7 Å². The van der Waals surface area contributed by atoms with Crippen LogP contribution < -0.4 is 18.9 Å². The molecular formula is C32H31F3N4O6. The zero-order chi connectivity index (χ0) is 31.4. The number of fused-ring (bicyclic) bond motifs is 2. The van der Waals surface area contributed by atoms with Crippen LogP contribution in [0.4, 0.5) is 19.0 Å². The molecule has 0 radical (unpaired) electrons. The zero-order valence-electron chi connectivity index (χ0n) is 24.2. The summed E-state index contributed by atoms with van der Waals surface area (Å²) < 4.78 is 60.3. The Kier molecular flexibility index (Phi) is 8.78. The summed E-state index contributed by atoms with van der Waals surface area (Å²) in [5, 5.41) is 11.0. The van der Waals surface area contributed by atoms with Crippen molar-refractivity contribution in [2.75, 3.05) is 13.2 Å². The van der Waals surface area contributed by atoms with Gasteiger partial charge in [-0.25, -0.2) is 0 Å². The largest absolute Gasteiger partial charge is 0.573 e. The van der Waals surface area contributed by atoms with Gasteiger partial charge in [-0.05, 0) is 83.0 Å². The van der Waals surface area contributed by atoms with E-state index >= 15 is 0 Å². The van der Waals surface area contributed by atoms with Crippen LogP contribution in [0.3, 0.4) is 0 Å². The van der Waals surface area contributed by atoms with Crippen LogP contribution in [0.15, 0.2) is 72.9 Å². The number of halogens is 3. The van der Waals surface area contributed by atoms with Crippen LogP contribution in [0.5, 0.6) is 23.3 Å². The van der Waals surface area contributed by atoms with E-state index in [1.165, 1.54) is 29.5 Å². The number of benzene rings is 3. The zero-order valence-corrected chi connectivity index (χ0v) is 24.2. The Morgan fingerprint density at radius 3 is 2.42 bits per heavy atom. The minimum absolute atomic E-state index is 0.221. The van der Waals surface area contributed by atoms with E-state index in [-0.39, 0.29) is 30.3 Å². The number of rotatable bonds is 10. The van der Waals surface area contributed by atoms with Gasteiger partial charge in [-0.3, -0.25) is 9.47 Å². The normalized spacial score (nSPS) is 16.6. The molecule has 1 atom stereocenters. The second kappa shape index (κ2) is 13.1. The van der Waals surface area contributed by atoms with Crippen molar-refractivity contribution in [2.45, 2.75) is 58.0 Å². The van der Waals surface area contributed by atoms with Crippen LogP contribution in [0, 0.1) is 10.1 Å². The molecule has 236 valence electrons. The molecule has 0 amide bonds. The van der Waals surface area contributed by atoms with Gasteiger partial charge >= 0.3 is 18.2 Å². The molecule has 0 fully saturated rings. The average Bonchev–Trinajstić information content (AvgIpc) is 3.34. The molecule has 13 heteroatoms. The maximum absolute atomic E-state index is 12.3. The first kappa shape index (κ1) is 30.3. The van der Waals surface area contributed by atoms with Gasteiger partial charge in [0.05, 0.1) is 0 Å². The topological polar surface area (TPSA) is 101 Å². The fraction of sp³-hybridized carbons (Fsp3) is 0.344. The van der Waals surface area contributed by atoms with Crippen LogP contribution in [0.2, 0.25) is 0 Å². The van der Waals surface area contributed by atoms with Crippen molar-refractivity contribution < 1.29 is 37.0 Å². The Morgan fingerprint density at radius 2 is 1.67 bits per heavy atom. The molecular weight excluding hydrogens is 593 g/mol. The van der Waals surface area contributed by atoms with Gasteiger partial charge in [-0.1, -0.05) is 30.3 Å². The summed E-state index contributed by atoms with van der Waals surface area (Å²) in [5.41, 5.74) is 4.40. The molecule has 4 aromatic rings. The maximum atomic E-state index is 12.3. The maximum Gasteiger partial charge on any atom is 0.573 e. The molecule has 45 heavy (non-hydrogen) atoms. The van der Waals surface area contributed by atoms with Crippen molar-refractivity contribution in [3.63, 3.8) is 0 Å². The third kappa shape index (κ3) is 8.04. The van der Waals surface area contributed by atoms with E-state index in [0.29, 0.717) is 25.3 Å². The highest BCUT2D eigenvalue weighted by Gasteiger charge is 2.31. The van der Waals surface area contributed by atoms with Crippen molar-refractivity contribution in [1.29, 1.82) is 0 Å². The molecule has 0 saturated carbocycles. The first-order valence-corrected chi connectivity index (χ1v) is 14.6. The van der Waals surface area contributed by atoms with E-state index < -0.39 is 11.3 Å². The van der Waals surface area contributed by atoms with E-state index in [4.69, 9.17) is 14.2 Å². The standard InChI is InChI=1S/C32H31F3N4O6/c33-32(34,35)45-27-10-5-23(6-11-27)20-42-26-8-3-22(4-9-26)17-37-14-1-2-24-16-28(12-7-25(24)18-37)43-21-29-13-15-38-19-30(39(40)41)36-31(38)44-29/h3-12,16,19,29H,1-2,13-15,17-18,20-21H2. The Balaban J connectivity index is 0.978. The van der Waals surface area contributed by atoms with Crippen LogP contribution in [0.25, 0.3) is 0 Å². The Labute approximate surface area is 257 Å². The molecule has 6 rings (SSSR count). The summed E-state index contributed by atoms with van der Waals surface area (Å²) in [6, 6.07) is 19.9. The number of hydrogen-bond acceptors (Lipinski definition) is 8. The van der Waals surface area contributed by atoms with Gasteiger partial charge < -0.3 is 29.1 Å². The molecule has 0 saturated heterocycles. The fourth-order valence-electron chi connectivity index (χ4n) is 5.46. The molecule has 0 spiro atoms. The molecule has 0 aliphatic carbocycles. The highest BCUT2D eigenvalue weighted by atomic mass is 19.4. The smallest absolute Gasteiger partial charge is 0.490 e. The number of nitro groups is 1. The molecule has 10 nitrogen and oxygen atoms in total. The first-order valence-electron chi connectivity index (χ1n) is 14.6. The lowest BCUT2D eigenvalue weighted by atomic mass is 10.0. The van der Waals surface area contributed by atoms with E-state index in [9.17, 15) is 23.3 Å².